The molecule has 3 heterocycles. The van der Waals surface area contributed by atoms with Crippen LogP contribution in [0.5, 0.6) is 0 Å². The summed E-state index contributed by atoms with van der Waals surface area (Å²) in [5.41, 5.74) is 0.627. The highest BCUT2D eigenvalue weighted by atomic mass is 15.3. The van der Waals surface area contributed by atoms with Crippen molar-refractivity contribution in [3.8, 4) is 6.07 Å². The number of pyridine rings is 1. The Labute approximate surface area is 98.1 Å². The van der Waals surface area contributed by atoms with Crippen LogP contribution in [-0.2, 0) is 13.1 Å². The van der Waals surface area contributed by atoms with Crippen molar-refractivity contribution in [1.29, 1.82) is 5.26 Å². The lowest BCUT2D eigenvalue weighted by atomic mass is 10.2. The van der Waals surface area contributed by atoms with E-state index in [1.807, 2.05) is 4.57 Å². The van der Waals surface area contributed by atoms with Crippen molar-refractivity contribution >= 4 is 5.82 Å². The minimum atomic E-state index is 0.627. The van der Waals surface area contributed by atoms with Crippen molar-refractivity contribution in [2.24, 2.45) is 0 Å². The summed E-state index contributed by atoms with van der Waals surface area (Å²) in [5, 5.41) is 16.8. The highest BCUT2D eigenvalue weighted by Crippen LogP contribution is 2.18. The quantitative estimate of drug-likeness (QED) is 0.710. The molecule has 0 N–H and O–H groups in total. The average molecular weight is 226 g/mol. The summed E-state index contributed by atoms with van der Waals surface area (Å²) >= 11 is 0. The van der Waals surface area contributed by atoms with Crippen LogP contribution in [0.25, 0.3) is 0 Å². The van der Waals surface area contributed by atoms with Gasteiger partial charge in [0, 0.05) is 19.3 Å². The third-order valence-corrected chi connectivity index (χ3v) is 2.84. The number of fused-ring (bicyclic) bond motifs is 1. The first-order valence-corrected chi connectivity index (χ1v) is 5.34. The van der Waals surface area contributed by atoms with E-state index < -0.39 is 0 Å². The van der Waals surface area contributed by atoms with Crippen molar-refractivity contribution in [1.82, 2.24) is 19.7 Å². The summed E-state index contributed by atoms with van der Waals surface area (Å²) in [6.45, 7) is 2.38. The van der Waals surface area contributed by atoms with E-state index in [1.54, 1.807) is 24.7 Å². The fourth-order valence-corrected chi connectivity index (χ4v) is 1.92. The van der Waals surface area contributed by atoms with E-state index in [9.17, 15) is 0 Å². The molecule has 1 aliphatic heterocycles. The van der Waals surface area contributed by atoms with Crippen LogP contribution in [0.4, 0.5) is 5.82 Å². The lowest BCUT2D eigenvalue weighted by molar-refractivity contribution is 0.556. The van der Waals surface area contributed by atoms with Gasteiger partial charge in [0.15, 0.2) is 5.82 Å². The van der Waals surface area contributed by atoms with E-state index in [4.69, 9.17) is 5.26 Å². The standard InChI is InChI=1S/C11H10N6/c12-6-9-1-2-13-10(5-9)16-3-4-17-8-14-15-11(17)7-16/h1-2,5,8H,3-4,7H2. The molecule has 6 heteroatoms. The smallest absolute Gasteiger partial charge is 0.152 e. The fraction of sp³-hybridized carbons (Fsp3) is 0.273. The van der Waals surface area contributed by atoms with Crippen LogP contribution in [0.1, 0.15) is 11.4 Å². The van der Waals surface area contributed by atoms with Crippen LogP contribution in [-0.4, -0.2) is 26.3 Å². The number of rotatable bonds is 1. The molecule has 0 bridgehead atoms. The molecule has 0 amide bonds. The predicted octanol–water partition coefficient (Wildman–Crippen LogP) is 0.565. The van der Waals surface area contributed by atoms with E-state index in [2.05, 4.69) is 26.2 Å². The molecule has 17 heavy (non-hydrogen) atoms. The van der Waals surface area contributed by atoms with Gasteiger partial charge in [-0.25, -0.2) is 4.98 Å². The maximum Gasteiger partial charge on any atom is 0.152 e. The van der Waals surface area contributed by atoms with Crippen LogP contribution in [0.3, 0.4) is 0 Å². The Kier molecular flexibility index (Phi) is 2.22. The minimum absolute atomic E-state index is 0.627. The van der Waals surface area contributed by atoms with Crippen LogP contribution >= 0.6 is 0 Å². The summed E-state index contributed by atoms with van der Waals surface area (Å²) in [6, 6.07) is 5.62. The Hall–Kier alpha value is -2.42. The van der Waals surface area contributed by atoms with Crippen molar-refractivity contribution in [2.45, 2.75) is 13.1 Å². The molecule has 0 aromatic carbocycles. The zero-order valence-electron chi connectivity index (χ0n) is 9.11. The van der Waals surface area contributed by atoms with E-state index in [-0.39, 0.29) is 0 Å². The van der Waals surface area contributed by atoms with Crippen molar-refractivity contribution in [3.63, 3.8) is 0 Å². The van der Waals surface area contributed by atoms with Crippen LogP contribution in [0.15, 0.2) is 24.7 Å². The van der Waals surface area contributed by atoms with Crippen LogP contribution < -0.4 is 4.90 Å². The molecular formula is C11H10N6. The normalized spacial score (nSPS) is 14.2. The molecule has 2 aromatic rings. The van der Waals surface area contributed by atoms with Gasteiger partial charge in [-0.2, -0.15) is 5.26 Å². The number of anilines is 1. The maximum atomic E-state index is 8.86. The first-order chi connectivity index (χ1) is 8.36. The van der Waals surface area contributed by atoms with Gasteiger partial charge in [0.1, 0.15) is 12.1 Å². The summed E-state index contributed by atoms with van der Waals surface area (Å²) in [6.07, 6.45) is 3.40. The number of aromatic nitrogens is 4. The van der Waals surface area contributed by atoms with Gasteiger partial charge in [-0.05, 0) is 12.1 Å². The first kappa shape index (κ1) is 9.78. The zero-order valence-corrected chi connectivity index (χ0v) is 9.11. The summed E-state index contributed by atoms with van der Waals surface area (Å²) in [7, 11) is 0. The van der Waals surface area contributed by atoms with E-state index in [0.717, 1.165) is 24.7 Å². The Morgan fingerprint density at radius 3 is 3.18 bits per heavy atom. The van der Waals surface area contributed by atoms with Gasteiger partial charge in [-0.1, -0.05) is 0 Å². The van der Waals surface area contributed by atoms with Crippen molar-refractivity contribution in [2.75, 3.05) is 11.4 Å². The second kappa shape index (κ2) is 3.87. The largest absolute Gasteiger partial charge is 0.347 e. The third-order valence-electron chi connectivity index (χ3n) is 2.84. The number of nitriles is 1. The van der Waals surface area contributed by atoms with Crippen molar-refractivity contribution in [3.05, 3.63) is 36.0 Å². The number of hydrogen-bond acceptors (Lipinski definition) is 5. The molecular weight excluding hydrogens is 216 g/mol. The molecule has 0 radical (unpaired) electrons. The molecule has 3 rings (SSSR count). The molecule has 0 saturated heterocycles. The highest BCUT2D eigenvalue weighted by molar-refractivity contribution is 5.45. The monoisotopic (exact) mass is 226 g/mol. The Morgan fingerprint density at radius 2 is 2.29 bits per heavy atom. The lowest BCUT2D eigenvalue weighted by Crippen LogP contribution is -2.34. The topological polar surface area (TPSA) is 70.6 Å². The molecule has 0 saturated carbocycles. The SMILES string of the molecule is N#Cc1ccnc(N2CCn3cnnc3C2)c1. The highest BCUT2D eigenvalue weighted by Gasteiger charge is 2.18. The van der Waals surface area contributed by atoms with E-state index in [0.29, 0.717) is 12.1 Å². The molecule has 2 aromatic heterocycles. The van der Waals surface area contributed by atoms with Crippen molar-refractivity contribution < 1.29 is 0 Å². The Balaban J connectivity index is 1.89. The molecule has 0 unspecified atom stereocenters. The number of hydrogen-bond donors (Lipinski definition) is 0. The molecule has 6 nitrogen and oxygen atoms in total. The predicted molar refractivity (Wildman–Crippen MR) is 60.0 cm³/mol. The lowest BCUT2D eigenvalue weighted by Gasteiger charge is -2.27. The zero-order chi connectivity index (χ0) is 11.7. The van der Waals surface area contributed by atoms with E-state index in [1.165, 1.54) is 0 Å². The van der Waals surface area contributed by atoms with Gasteiger partial charge in [0.2, 0.25) is 0 Å². The molecule has 84 valence electrons. The Morgan fingerprint density at radius 1 is 1.35 bits per heavy atom. The maximum absolute atomic E-state index is 8.86. The third kappa shape index (κ3) is 1.72. The summed E-state index contributed by atoms with van der Waals surface area (Å²) in [5.74, 6) is 1.75. The van der Waals surface area contributed by atoms with Gasteiger partial charge < -0.3 is 9.47 Å². The fourth-order valence-electron chi connectivity index (χ4n) is 1.92. The summed E-state index contributed by atoms with van der Waals surface area (Å²) < 4.78 is 2.03. The van der Waals surface area contributed by atoms with E-state index >= 15 is 0 Å². The van der Waals surface area contributed by atoms with Crippen LogP contribution in [0, 0.1) is 11.3 Å². The van der Waals surface area contributed by atoms with Gasteiger partial charge in [-0.15, -0.1) is 10.2 Å². The Bertz CT molecular complexity index is 582. The second-order valence-electron chi connectivity index (χ2n) is 3.88. The van der Waals surface area contributed by atoms with Gasteiger partial charge >= 0.3 is 0 Å². The molecule has 1 aliphatic rings. The van der Waals surface area contributed by atoms with Gasteiger partial charge in [-0.3, -0.25) is 0 Å². The summed E-state index contributed by atoms with van der Waals surface area (Å²) in [4.78, 5) is 6.39. The number of nitrogens with zero attached hydrogens (tertiary/aromatic N) is 6. The molecule has 0 atom stereocenters. The average Bonchev–Trinajstić information content (AvgIpc) is 2.86. The van der Waals surface area contributed by atoms with Crippen LogP contribution in [0.2, 0.25) is 0 Å². The first-order valence-electron chi connectivity index (χ1n) is 5.34. The van der Waals surface area contributed by atoms with Gasteiger partial charge in [0.25, 0.3) is 0 Å². The second-order valence-corrected chi connectivity index (χ2v) is 3.88. The minimum Gasteiger partial charge on any atom is -0.347 e. The molecule has 0 aliphatic carbocycles. The van der Waals surface area contributed by atoms with Gasteiger partial charge in [0.05, 0.1) is 18.2 Å². The molecule has 0 spiro atoms. The molecule has 0 fully saturated rings.